The molecule has 2 saturated carbocycles. The predicted molar refractivity (Wildman–Crippen MR) is 101 cm³/mol. The van der Waals surface area contributed by atoms with Gasteiger partial charge in [0.2, 0.25) is 17.7 Å². The Morgan fingerprint density at radius 2 is 1.74 bits per heavy atom. The van der Waals surface area contributed by atoms with Crippen LogP contribution in [0.1, 0.15) is 18.9 Å². The van der Waals surface area contributed by atoms with Gasteiger partial charge in [0.1, 0.15) is 6.67 Å². The highest BCUT2D eigenvalue weighted by molar-refractivity contribution is 6.31. The summed E-state index contributed by atoms with van der Waals surface area (Å²) in [5.41, 5.74) is 1.50. The number of likely N-dealkylation sites (tertiary alicyclic amines) is 1. The molecule has 6 heteroatoms. The first-order chi connectivity index (χ1) is 12.9. The van der Waals surface area contributed by atoms with Crippen molar-refractivity contribution in [1.82, 2.24) is 4.90 Å². The minimum atomic E-state index is -0.244. The van der Waals surface area contributed by atoms with E-state index in [2.05, 4.69) is 12.2 Å². The smallest absolute Gasteiger partial charge is 0.235 e. The molecule has 0 radical (unpaired) electrons. The lowest BCUT2D eigenvalue weighted by atomic mass is 9.63. The van der Waals surface area contributed by atoms with Crippen molar-refractivity contribution in [2.45, 2.75) is 20.3 Å². The van der Waals surface area contributed by atoms with Crippen LogP contribution < -0.4 is 4.90 Å². The van der Waals surface area contributed by atoms with Crippen LogP contribution in [0.3, 0.4) is 0 Å². The summed E-state index contributed by atoms with van der Waals surface area (Å²) in [5.74, 6) is 0.540. The maximum absolute atomic E-state index is 13.1. The zero-order chi connectivity index (χ0) is 19.0. The molecular formula is C21H21ClN2O3. The molecule has 6 rings (SSSR count). The SMILES string of the molecule is CC(=O)N(CN1C(=O)C2C3C=CC(C4CC34)C2C1=O)c1ccc(C)c(Cl)c1. The molecule has 3 amide bonds. The highest BCUT2D eigenvalue weighted by Gasteiger charge is 2.67. The van der Waals surface area contributed by atoms with Crippen LogP contribution in [0.2, 0.25) is 5.02 Å². The molecule has 2 bridgehead atoms. The molecule has 6 unspecified atom stereocenters. The molecule has 6 atom stereocenters. The van der Waals surface area contributed by atoms with E-state index in [1.807, 2.05) is 13.0 Å². The number of halogens is 1. The molecule has 1 saturated heterocycles. The van der Waals surface area contributed by atoms with Gasteiger partial charge >= 0.3 is 0 Å². The van der Waals surface area contributed by atoms with Gasteiger partial charge in [0.15, 0.2) is 0 Å². The van der Waals surface area contributed by atoms with Gasteiger partial charge in [-0.3, -0.25) is 24.2 Å². The van der Waals surface area contributed by atoms with Crippen LogP contribution in [0.4, 0.5) is 5.69 Å². The predicted octanol–water partition coefficient (Wildman–Crippen LogP) is 3.01. The van der Waals surface area contributed by atoms with Gasteiger partial charge in [-0.05, 0) is 54.7 Å². The Morgan fingerprint density at radius 3 is 2.26 bits per heavy atom. The molecule has 140 valence electrons. The first-order valence-corrected chi connectivity index (χ1v) is 9.84. The summed E-state index contributed by atoms with van der Waals surface area (Å²) in [6.45, 7) is 3.27. The molecule has 5 nitrogen and oxygen atoms in total. The van der Waals surface area contributed by atoms with Gasteiger partial charge in [0.05, 0.1) is 11.8 Å². The Bertz CT molecular complexity index is 875. The van der Waals surface area contributed by atoms with Crippen molar-refractivity contribution >= 4 is 35.0 Å². The summed E-state index contributed by atoms with van der Waals surface area (Å²) in [4.78, 5) is 41.3. The summed E-state index contributed by atoms with van der Waals surface area (Å²) in [6.07, 6.45) is 5.44. The van der Waals surface area contributed by atoms with Gasteiger partial charge in [0.25, 0.3) is 0 Å². The van der Waals surface area contributed by atoms with Crippen LogP contribution in [-0.2, 0) is 14.4 Å². The molecular weight excluding hydrogens is 364 g/mol. The van der Waals surface area contributed by atoms with Crippen LogP contribution in [0, 0.1) is 42.4 Å². The van der Waals surface area contributed by atoms with Crippen LogP contribution in [-0.4, -0.2) is 29.3 Å². The van der Waals surface area contributed by atoms with E-state index in [-0.39, 0.29) is 48.1 Å². The number of allylic oxidation sites excluding steroid dienone is 2. The lowest BCUT2D eigenvalue weighted by molar-refractivity contribution is -0.140. The number of anilines is 1. The Balaban J connectivity index is 1.44. The molecule has 3 fully saturated rings. The van der Waals surface area contributed by atoms with Crippen molar-refractivity contribution in [3.05, 3.63) is 40.9 Å². The number of amides is 3. The number of carbonyl (C=O) groups is 3. The van der Waals surface area contributed by atoms with Crippen molar-refractivity contribution in [1.29, 1.82) is 0 Å². The molecule has 4 aliphatic carbocycles. The third kappa shape index (κ3) is 2.34. The number of rotatable bonds is 3. The number of benzene rings is 1. The fourth-order valence-corrected chi connectivity index (χ4v) is 5.59. The molecule has 1 aromatic carbocycles. The fourth-order valence-electron chi connectivity index (χ4n) is 5.41. The van der Waals surface area contributed by atoms with Gasteiger partial charge in [-0.25, -0.2) is 0 Å². The van der Waals surface area contributed by atoms with Crippen molar-refractivity contribution in [2.24, 2.45) is 35.5 Å². The Morgan fingerprint density at radius 1 is 1.15 bits per heavy atom. The topological polar surface area (TPSA) is 57.7 Å². The molecule has 5 aliphatic rings. The van der Waals surface area contributed by atoms with E-state index in [0.717, 1.165) is 12.0 Å². The molecule has 0 aromatic heterocycles. The van der Waals surface area contributed by atoms with E-state index in [4.69, 9.17) is 11.6 Å². The Hall–Kier alpha value is -2.14. The van der Waals surface area contributed by atoms with Crippen LogP contribution in [0.15, 0.2) is 30.4 Å². The molecule has 1 aliphatic heterocycles. The lowest BCUT2D eigenvalue weighted by Gasteiger charge is -2.37. The minimum Gasteiger partial charge on any atom is -0.294 e. The summed E-state index contributed by atoms with van der Waals surface area (Å²) < 4.78 is 0. The van der Waals surface area contributed by atoms with Crippen molar-refractivity contribution in [3.8, 4) is 0 Å². The van der Waals surface area contributed by atoms with E-state index in [1.54, 1.807) is 12.1 Å². The second kappa shape index (κ2) is 5.68. The summed E-state index contributed by atoms with van der Waals surface area (Å²) in [6, 6.07) is 5.33. The number of hydrogen-bond donors (Lipinski definition) is 0. The first-order valence-electron chi connectivity index (χ1n) is 9.46. The number of hydrogen-bond acceptors (Lipinski definition) is 3. The van der Waals surface area contributed by atoms with Crippen molar-refractivity contribution < 1.29 is 14.4 Å². The zero-order valence-corrected chi connectivity index (χ0v) is 16.0. The molecule has 0 spiro atoms. The lowest BCUT2D eigenvalue weighted by Crippen LogP contribution is -2.44. The fraction of sp³-hybridized carbons (Fsp3) is 0.476. The zero-order valence-electron chi connectivity index (χ0n) is 15.3. The highest BCUT2D eigenvalue weighted by Crippen LogP contribution is 2.65. The summed E-state index contributed by atoms with van der Waals surface area (Å²) >= 11 is 6.21. The van der Waals surface area contributed by atoms with Gasteiger partial charge in [-0.2, -0.15) is 0 Å². The quantitative estimate of drug-likeness (QED) is 0.594. The average Bonchev–Trinajstić information content (AvgIpc) is 3.41. The van der Waals surface area contributed by atoms with Crippen LogP contribution >= 0.6 is 11.6 Å². The summed E-state index contributed by atoms with van der Waals surface area (Å²) in [5, 5.41) is 0.550. The van der Waals surface area contributed by atoms with E-state index in [9.17, 15) is 14.4 Å². The second-order valence-corrected chi connectivity index (χ2v) is 8.69. The van der Waals surface area contributed by atoms with Gasteiger partial charge in [-0.15, -0.1) is 0 Å². The molecule has 27 heavy (non-hydrogen) atoms. The first kappa shape index (κ1) is 17.0. The monoisotopic (exact) mass is 384 g/mol. The third-order valence-corrected chi connectivity index (χ3v) is 7.29. The largest absolute Gasteiger partial charge is 0.294 e. The minimum absolute atomic E-state index is 0.0475. The number of imide groups is 1. The number of nitrogens with zero attached hydrogens (tertiary/aromatic N) is 2. The van der Waals surface area contributed by atoms with Gasteiger partial charge in [0, 0.05) is 17.6 Å². The Kier molecular flexibility index (Phi) is 3.57. The second-order valence-electron chi connectivity index (χ2n) is 8.28. The van der Waals surface area contributed by atoms with Crippen molar-refractivity contribution in [3.63, 3.8) is 0 Å². The maximum Gasteiger partial charge on any atom is 0.235 e. The standard InChI is InChI=1S/C21H21ClN2O3/c1-10-3-4-12(7-17(10)22)23(11(2)25)9-24-20(26)18-13-5-6-14(16-8-15(13)16)19(18)21(24)27/h3-7,13-16,18-19H,8-9H2,1-2H3. The highest BCUT2D eigenvalue weighted by atomic mass is 35.5. The normalized spacial score (nSPS) is 35.3. The average molecular weight is 385 g/mol. The van der Waals surface area contributed by atoms with Gasteiger partial charge < -0.3 is 0 Å². The Labute approximate surface area is 163 Å². The van der Waals surface area contributed by atoms with E-state index >= 15 is 0 Å². The van der Waals surface area contributed by atoms with E-state index in [0.29, 0.717) is 22.5 Å². The maximum atomic E-state index is 13.1. The van der Waals surface area contributed by atoms with E-state index < -0.39 is 0 Å². The third-order valence-electron chi connectivity index (χ3n) is 6.88. The van der Waals surface area contributed by atoms with E-state index in [1.165, 1.54) is 16.7 Å². The van der Waals surface area contributed by atoms with Crippen molar-refractivity contribution in [2.75, 3.05) is 11.6 Å². The van der Waals surface area contributed by atoms with Crippen LogP contribution in [0.5, 0.6) is 0 Å². The van der Waals surface area contributed by atoms with Crippen LogP contribution in [0.25, 0.3) is 0 Å². The molecule has 1 aromatic rings. The van der Waals surface area contributed by atoms with Gasteiger partial charge in [-0.1, -0.05) is 29.8 Å². The summed E-state index contributed by atoms with van der Waals surface area (Å²) in [7, 11) is 0. The molecule has 0 N–H and O–H groups in total. The number of carbonyl (C=O) groups excluding carboxylic acids is 3. The number of aryl methyl sites for hydroxylation is 1. The molecule has 1 heterocycles.